The number of rotatable bonds is 8. The molecule has 1 amide bonds. The van der Waals surface area contributed by atoms with Gasteiger partial charge in [-0.1, -0.05) is 91.0 Å². The highest BCUT2D eigenvalue weighted by Crippen LogP contribution is 2.40. The van der Waals surface area contributed by atoms with Crippen LogP contribution in [0.4, 0.5) is 13.2 Å². The van der Waals surface area contributed by atoms with Crippen LogP contribution >= 0.6 is 0 Å². The van der Waals surface area contributed by atoms with Crippen LogP contribution in [0.3, 0.4) is 0 Å². The lowest BCUT2D eigenvalue weighted by Gasteiger charge is -2.37. The number of amides is 1. The Labute approximate surface area is 205 Å². The molecule has 0 bridgehead atoms. The zero-order chi connectivity index (χ0) is 25.8. The van der Waals surface area contributed by atoms with Crippen molar-refractivity contribution in [2.24, 2.45) is 0 Å². The van der Waals surface area contributed by atoms with Crippen molar-refractivity contribution in [3.8, 4) is 0 Å². The molecule has 184 valence electrons. The third-order valence-corrected chi connectivity index (χ3v) is 5.87. The molecule has 9 heteroatoms. The number of carbonyl (C=O) groups excluding carboxylic acids is 1. The summed E-state index contributed by atoms with van der Waals surface area (Å²) in [6.45, 7) is 0. The van der Waals surface area contributed by atoms with Gasteiger partial charge in [-0.2, -0.15) is 13.2 Å². The Morgan fingerprint density at radius 1 is 0.833 bits per heavy atom. The topological polar surface area (TPSA) is 84.2 Å². The van der Waals surface area contributed by atoms with E-state index in [1.807, 2.05) is 95.6 Å². The van der Waals surface area contributed by atoms with Gasteiger partial charge in [-0.3, -0.25) is 4.79 Å². The van der Waals surface area contributed by atoms with Gasteiger partial charge in [0.1, 0.15) is 11.6 Å². The molecule has 6 nitrogen and oxygen atoms in total. The molecule has 4 rings (SSSR count). The van der Waals surface area contributed by atoms with Gasteiger partial charge < -0.3 is 15.0 Å². The minimum atomic E-state index is -5.20. The number of aromatic nitrogens is 2. The summed E-state index contributed by atoms with van der Waals surface area (Å²) in [5, 5.41) is 11.0. The molecule has 2 N–H and O–H groups in total. The van der Waals surface area contributed by atoms with Gasteiger partial charge in [0.2, 0.25) is 0 Å². The smallest absolute Gasteiger partial charge is 0.471 e. The average molecular weight is 493 g/mol. The van der Waals surface area contributed by atoms with Gasteiger partial charge >= 0.3 is 18.1 Å². The molecule has 0 aliphatic rings. The summed E-state index contributed by atoms with van der Waals surface area (Å²) in [6, 6.07) is 27.1. The number of hydrogen-bond acceptors (Lipinski definition) is 3. The highest BCUT2D eigenvalue weighted by Gasteiger charge is 2.41. The molecule has 4 aromatic rings. The first-order chi connectivity index (χ1) is 17.2. The lowest BCUT2D eigenvalue weighted by atomic mass is 9.77. The molecule has 3 aromatic carbocycles. The van der Waals surface area contributed by atoms with Gasteiger partial charge in [-0.05, 0) is 16.7 Å². The number of nitrogens with zero attached hydrogens (tertiary/aromatic N) is 2. The van der Waals surface area contributed by atoms with Crippen molar-refractivity contribution >= 4 is 11.9 Å². The fourth-order valence-electron chi connectivity index (χ4n) is 4.29. The maximum Gasteiger partial charge on any atom is 0.471 e. The summed E-state index contributed by atoms with van der Waals surface area (Å²) in [6.07, 6.45) is -2.51. The van der Waals surface area contributed by atoms with E-state index in [1.165, 1.54) is 11.6 Å². The van der Waals surface area contributed by atoms with Gasteiger partial charge in [-0.25, -0.2) is 9.78 Å². The summed E-state index contributed by atoms with van der Waals surface area (Å²) < 4.78 is 39.9. The lowest BCUT2D eigenvalue weighted by Crippen LogP contribution is -2.47. The molecule has 0 radical (unpaired) electrons. The first-order valence-electron chi connectivity index (χ1n) is 11.0. The minimum Gasteiger partial charge on any atom is -0.480 e. The molecule has 1 heterocycles. The van der Waals surface area contributed by atoms with Crippen LogP contribution in [0.5, 0.6) is 0 Å². The zero-order valence-corrected chi connectivity index (χ0v) is 18.9. The van der Waals surface area contributed by atoms with Crippen LogP contribution in [-0.4, -0.2) is 38.8 Å². The molecule has 0 aliphatic heterocycles. The van der Waals surface area contributed by atoms with E-state index in [0.717, 1.165) is 16.7 Å². The summed E-state index contributed by atoms with van der Waals surface area (Å²) >= 11 is 0. The van der Waals surface area contributed by atoms with Crippen LogP contribution in [-0.2, 0) is 21.5 Å². The van der Waals surface area contributed by atoms with Crippen LogP contribution in [0.1, 0.15) is 22.4 Å². The van der Waals surface area contributed by atoms with Crippen LogP contribution < -0.4 is 5.32 Å². The average Bonchev–Trinajstić information content (AvgIpc) is 3.34. The Bertz CT molecular complexity index is 1230. The normalized spacial score (nSPS) is 12.6. The number of imidazole rings is 1. The maximum atomic E-state index is 12.7. The van der Waals surface area contributed by atoms with Crippen molar-refractivity contribution in [3.63, 3.8) is 0 Å². The van der Waals surface area contributed by atoms with Gasteiger partial charge in [0.05, 0.1) is 12.0 Å². The number of carboxylic acid groups (broad SMARTS) is 1. The fraction of sp³-hybridized carbons (Fsp3) is 0.148. The molecule has 0 fully saturated rings. The van der Waals surface area contributed by atoms with Crippen molar-refractivity contribution in [2.75, 3.05) is 0 Å². The van der Waals surface area contributed by atoms with E-state index in [0.29, 0.717) is 0 Å². The summed E-state index contributed by atoms with van der Waals surface area (Å²) in [5.74, 6) is -3.91. The number of halogens is 3. The summed E-state index contributed by atoms with van der Waals surface area (Å²) in [4.78, 5) is 27.3. The lowest BCUT2D eigenvalue weighted by molar-refractivity contribution is -0.175. The Morgan fingerprint density at radius 2 is 1.28 bits per heavy atom. The second-order valence-corrected chi connectivity index (χ2v) is 8.15. The quantitative estimate of drug-likeness (QED) is 0.357. The standard InChI is InChI=1S/C27H22F3N3O3/c28-27(29,30)25(36)32-23(24(34)35)16-22-17-33(18-31-22)26(19-10-4-1-5-11-19,20-12-6-2-7-13-20)21-14-8-3-9-15-21/h1-15,17-18,23H,16H2,(H,32,36)(H,34,35)/t23-/m0/s1. The molecule has 0 saturated carbocycles. The number of nitrogens with one attached hydrogen (secondary N) is 1. The highest BCUT2D eigenvalue weighted by molar-refractivity contribution is 5.87. The second-order valence-electron chi connectivity index (χ2n) is 8.15. The van der Waals surface area contributed by atoms with Crippen LogP contribution in [0.25, 0.3) is 0 Å². The number of alkyl halides is 3. The third-order valence-electron chi connectivity index (χ3n) is 5.87. The van der Waals surface area contributed by atoms with E-state index in [9.17, 15) is 27.9 Å². The van der Waals surface area contributed by atoms with Crippen LogP contribution in [0, 0.1) is 0 Å². The molecule has 0 unspecified atom stereocenters. The Kier molecular flexibility index (Phi) is 6.91. The molecular weight excluding hydrogens is 471 g/mol. The third kappa shape index (κ3) is 4.86. The molecule has 36 heavy (non-hydrogen) atoms. The Hall–Kier alpha value is -4.40. The SMILES string of the molecule is O=C(O)[C@H](Cc1cn(C(c2ccccc2)(c2ccccc2)c2ccccc2)cn1)NC(=O)C(F)(F)F. The summed E-state index contributed by atoms with van der Waals surface area (Å²) in [7, 11) is 0. The van der Waals surface area contributed by atoms with E-state index < -0.39 is 36.1 Å². The van der Waals surface area contributed by atoms with Crippen LogP contribution in [0.2, 0.25) is 0 Å². The number of carbonyl (C=O) groups is 2. The van der Waals surface area contributed by atoms with Crippen molar-refractivity contribution in [1.29, 1.82) is 0 Å². The number of aliphatic carboxylic acids is 1. The summed E-state index contributed by atoms with van der Waals surface area (Å²) in [5.41, 5.74) is 1.98. The van der Waals surface area contributed by atoms with E-state index in [1.54, 1.807) is 6.20 Å². The van der Waals surface area contributed by atoms with E-state index in [4.69, 9.17) is 0 Å². The number of benzene rings is 3. The van der Waals surface area contributed by atoms with Crippen LogP contribution in [0.15, 0.2) is 104 Å². The predicted molar refractivity (Wildman–Crippen MR) is 126 cm³/mol. The first kappa shape index (κ1) is 24.7. The number of hydrogen-bond donors (Lipinski definition) is 2. The second kappa shape index (κ2) is 10.1. The molecule has 1 atom stereocenters. The van der Waals surface area contributed by atoms with E-state index in [2.05, 4.69) is 4.98 Å². The van der Waals surface area contributed by atoms with Gasteiger partial charge in [0, 0.05) is 12.6 Å². The van der Waals surface area contributed by atoms with Gasteiger partial charge in [-0.15, -0.1) is 0 Å². The monoisotopic (exact) mass is 493 g/mol. The molecule has 0 saturated heterocycles. The fourth-order valence-corrected chi connectivity index (χ4v) is 4.29. The first-order valence-corrected chi connectivity index (χ1v) is 11.0. The molecule has 0 spiro atoms. The highest BCUT2D eigenvalue weighted by atomic mass is 19.4. The van der Waals surface area contributed by atoms with Crippen molar-refractivity contribution in [3.05, 3.63) is 126 Å². The van der Waals surface area contributed by atoms with Gasteiger partial charge in [0.25, 0.3) is 0 Å². The Balaban J connectivity index is 1.83. The van der Waals surface area contributed by atoms with Gasteiger partial charge in [0.15, 0.2) is 0 Å². The largest absolute Gasteiger partial charge is 0.480 e. The van der Waals surface area contributed by atoms with E-state index in [-0.39, 0.29) is 5.69 Å². The zero-order valence-electron chi connectivity index (χ0n) is 18.9. The number of carboxylic acids is 1. The minimum absolute atomic E-state index is 0.206. The Morgan fingerprint density at radius 3 is 1.67 bits per heavy atom. The van der Waals surface area contributed by atoms with E-state index >= 15 is 0 Å². The van der Waals surface area contributed by atoms with Crippen molar-refractivity contribution in [2.45, 2.75) is 24.2 Å². The predicted octanol–water partition coefficient (Wildman–Crippen LogP) is 4.40. The van der Waals surface area contributed by atoms with Crippen molar-refractivity contribution in [1.82, 2.24) is 14.9 Å². The molecular formula is C27H22F3N3O3. The maximum absolute atomic E-state index is 12.7. The van der Waals surface area contributed by atoms with Crippen molar-refractivity contribution < 1.29 is 27.9 Å². The molecule has 0 aliphatic carbocycles. The molecule has 1 aromatic heterocycles.